The highest BCUT2D eigenvalue weighted by Crippen LogP contribution is 2.30. The van der Waals surface area contributed by atoms with Gasteiger partial charge in [0, 0.05) is 37.1 Å². The first-order valence-electron chi connectivity index (χ1n) is 11.3. The third-order valence-electron chi connectivity index (χ3n) is 6.00. The van der Waals surface area contributed by atoms with Crippen molar-refractivity contribution in [2.24, 2.45) is 11.7 Å². The van der Waals surface area contributed by atoms with Crippen LogP contribution in [-0.2, 0) is 4.74 Å². The molecule has 1 aromatic rings. The van der Waals surface area contributed by atoms with Crippen LogP contribution in [0.25, 0.3) is 0 Å². The molecule has 1 unspecified atom stereocenters. The molecule has 6 nitrogen and oxygen atoms in total. The maximum Gasteiger partial charge on any atom is 0.414 e. The van der Waals surface area contributed by atoms with Crippen LogP contribution in [0.3, 0.4) is 0 Å². The van der Waals surface area contributed by atoms with Crippen LogP contribution in [0.2, 0.25) is 0 Å². The van der Waals surface area contributed by atoms with Crippen molar-refractivity contribution in [2.45, 2.75) is 65.5 Å². The van der Waals surface area contributed by atoms with Crippen LogP contribution in [0.5, 0.6) is 0 Å². The van der Waals surface area contributed by atoms with Crippen LogP contribution in [0.15, 0.2) is 41.6 Å². The summed E-state index contributed by atoms with van der Waals surface area (Å²) in [6.45, 7) is 12.5. The number of allylic oxidation sites excluding steroid dienone is 1. The number of piperidine rings is 1. The molecule has 0 saturated carbocycles. The molecular formula is C25H38N4O2. The Labute approximate surface area is 186 Å². The van der Waals surface area contributed by atoms with Gasteiger partial charge in [-0.15, -0.1) is 0 Å². The van der Waals surface area contributed by atoms with Gasteiger partial charge in [-0.2, -0.15) is 0 Å². The Balaban J connectivity index is 1.71. The fraction of sp³-hybridized carbons (Fsp3) is 0.560. The minimum Gasteiger partial charge on any atom is -0.443 e. The van der Waals surface area contributed by atoms with Gasteiger partial charge < -0.3 is 21.1 Å². The number of ether oxygens (including phenoxy) is 1. The second kappa shape index (κ2) is 9.35. The van der Waals surface area contributed by atoms with Crippen LogP contribution < -0.4 is 16.4 Å². The Kier molecular flexibility index (Phi) is 6.99. The molecule has 4 N–H and O–H groups in total. The maximum absolute atomic E-state index is 13.1. The lowest BCUT2D eigenvalue weighted by molar-refractivity contribution is 0.0569. The maximum atomic E-state index is 13.1. The Morgan fingerprint density at radius 3 is 2.48 bits per heavy atom. The molecule has 2 aliphatic rings. The van der Waals surface area contributed by atoms with Gasteiger partial charge >= 0.3 is 6.09 Å². The average Bonchev–Trinajstić information content (AvgIpc) is 2.66. The molecule has 1 heterocycles. The predicted molar refractivity (Wildman–Crippen MR) is 128 cm³/mol. The molecule has 1 amide bonds. The first-order valence-corrected chi connectivity index (χ1v) is 11.3. The van der Waals surface area contributed by atoms with E-state index in [0.29, 0.717) is 18.2 Å². The van der Waals surface area contributed by atoms with Crippen molar-refractivity contribution in [1.82, 2.24) is 4.90 Å². The van der Waals surface area contributed by atoms with E-state index in [1.54, 1.807) is 4.90 Å². The number of benzene rings is 1. The van der Waals surface area contributed by atoms with Crippen molar-refractivity contribution in [2.75, 3.05) is 30.3 Å². The molecule has 6 heteroatoms. The summed E-state index contributed by atoms with van der Waals surface area (Å²) >= 11 is 0. The van der Waals surface area contributed by atoms with Gasteiger partial charge in [0.2, 0.25) is 0 Å². The molecule has 0 spiro atoms. The molecule has 0 radical (unpaired) electrons. The van der Waals surface area contributed by atoms with Gasteiger partial charge in [-0.3, -0.25) is 4.90 Å². The van der Waals surface area contributed by atoms with E-state index in [2.05, 4.69) is 24.0 Å². The number of nitrogen functional groups attached to an aromatic ring is 1. The minimum atomic E-state index is -0.543. The Morgan fingerprint density at radius 2 is 1.90 bits per heavy atom. The van der Waals surface area contributed by atoms with E-state index in [0.717, 1.165) is 43.6 Å². The topological polar surface area (TPSA) is 84.8 Å². The number of anilines is 2. The van der Waals surface area contributed by atoms with Gasteiger partial charge in [-0.25, -0.2) is 4.79 Å². The summed E-state index contributed by atoms with van der Waals surface area (Å²) in [6, 6.07) is 5.81. The standard InChI is InChI=1S/C25H38N4O2/c1-17-14-20(26)6-8-22(17)28-12-10-19(11-13-28)16-29(24(30)31-25(3,4)5)23-9-7-21(27)15-18(23)2/h6-9,15,19-20H,10-14,16,26-27H2,1-5H3. The number of carbonyl (C=O) groups excluding carboxylic acids is 1. The van der Waals surface area contributed by atoms with Crippen molar-refractivity contribution in [1.29, 1.82) is 0 Å². The second-order valence-electron chi connectivity index (χ2n) is 9.96. The number of likely N-dealkylation sites (tertiary alicyclic amines) is 1. The molecule has 1 atom stereocenters. The number of hydrogen-bond donors (Lipinski definition) is 2. The fourth-order valence-corrected chi connectivity index (χ4v) is 4.44. The molecule has 1 saturated heterocycles. The molecule has 1 aliphatic carbocycles. The normalized spacial score (nSPS) is 20.2. The van der Waals surface area contributed by atoms with Gasteiger partial charge in [0.05, 0.1) is 5.69 Å². The lowest BCUT2D eigenvalue weighted by Gasteiger charge is -2.38. The van der Waals surface area contributed by atoms with E-state index in [1.165, 1.54) is 11.3 Å². The van der Waals surface area contributed by atoms with E-state index < -0.39 is 5.60 Å². The SMILES string of the molecule is CC1=C(N2CCC(CN(C(=O)OC(C)(C)C)c3ccc(N)cc3C)CC2)C=CC(N)C1. The first-order chi connectivity index (χ1) is 14.5. The molecule has 31 heavy (non-hydrogen) atoms. The lowest BCUT2D eigenvalue weighted by atomic mass is 9.93. The second-order valence-corrected chi connectivity index (χ2v) is 9.96. The highest BCUT2D eigenvalue weighted by Gasteiger charge is 2.29. The fourth-order valence-electron chi connectivity index (χ4n) is 4.44. The number of rotatable bonds is 4. The van der Waals surface area contributed by atoms with Crippen molar-refractivity contribution in [3.63, 3.8) is 0 Å². The summed E-state index contributed by atoms with van der Waals surface area (Å²) in [4.78, 5) is 17.3. The molecule has 1 aliphatic heterocycles. The van der Waals surface area contributed by atoms with Crippen molar-refractivity contribution < 1.29 is 9.53 Å². The van der Waals surface area contributed by atoms with Gasteiger partial charge in [0.15, 0.2) is 0 Å². The average molecular weight is 427 g/mol. The molecule has 1 aromatic carbocycles. The summed E-state index contributed by atoms with van der Waals surface area (Å²) in [5, 5.41) is 0. The van der Waals surface area contributed by atoms with E-state index in [4.69, 9.17) is 16.2 Å². The van der Waals surface area contributed by atoms with Gasteiger partial charge in [0.1, 0.15) is 5.60 Å². The summed E-state index contributed by atoms with van der Waals surface area (Å²) in [7, 11) is 0. The van der Waals surface area contributed by atoms with Crippen LogP contribution >= 0.6 is 0 Å². The zero-order valence-electron chi connectivity index (χ0n) is 19.6. The molecule has 3 rings (SSSR count). The molecule has 1 fully saturated rings. The zero-order chi connectivity index (χ0) is 22.8. The molecular weight excluding hydrogens is 388 g/mol. The summed E-state index contributed by atoms with van der Waals surface area (Å²) in [6.07, 6.45) is 6.96. The van der Waals surface area contributed by atoms with Crippen LogP contribution in [0.4, 0.5) is 16.2 Å². The molecule has 0 aromatic heterocycles. The van der Waals surface area contributed by atoms with Crippen molar-refractivity contribution in [3.05, 3.63) is 47.2 Å². The number of nitrogens with zero attached hydrogens (tertiary/aromatic N) is 2. The van der Waals surface area contributed by atoms with Gasteiger partial charge in [-0.1, -0.05) is 6.08 Å². The van der Waals surface area contributed by atoms with E-state index >= 15 is 0 Å². The minimum absolute atomic E-state index is 0.131. The first kappa shape index (κ1) is 23.2. The van der Waals surface area contributed by atoms with E-state index in [9.17, 15) is 4.79 Å². The van der Waals surface area contributed by atoms with Crippen LogP contribution in [0, 0.1) is 12.8 Å². The highest BCUT2D eigenvalue weighted by molar-refractivity contribution is 5.89. The Hall–Kier alpha value is -2.47. The zero-order valence-corrected chi connectivity index (χ0v) is 19.6. The van der Waals surface area contributed by atoms with Gasteiger partial charge in [0.25, 0.3) is 0 Å². The van der Waals surface area contributed by atoms with Crippen LogP contribution in [0.1, 0.15) is 52.5 Å². The van der Waals surface area contributed by atoms with Crippen molar-refractivity contribution in [3.8, 4) is 0 Å². The largest absolute Gasteiger partial charge is 0.443 e. The van der Waals surface area contributed by atoms with E-state index in [-0.39, 0.29) is 12.1 Å². The molecule has 0 bridgehead atoms. The number of hydrogen-bond acceptors (Lipinski definition) is 5. The van der Waals surface area contributed by atoms with E-state index in [1.807, 2.05) is 45.9 Å². The summed E-state index contributed by atoms with van der Waals surface area (Å²) in [5.74, 6) is 0.413. The Bertz CT molecular complexity index is 861. The number of aryl methyl sites for hydroxylation is 1. The monoisotopic (exact) mass is 426 g/mol. The third kappa shape index (κ3) is 6.03. The van der Waals surface area contributed by atoms with Gasteiger partial charge in [-0.05, 0) is 95.2 Å². The summed E-state index contributed by atoms with van der Waals surface area (Å²) < 4.78 is 5.74. The molecule has 170 valence electrons. The lowest BCUT2D eigenvalue weighted by Crippen LogP contribution is -2.43. The number of carbonyl (C=O) groups is 1. The quantitative estimate of drug-likeness (QED) is 0.688. The Morgan fingerprint density at radius 1 is 1.23 bits per heavy atom. The number of amides is 1. The smallest absolute Gasteiger partial charge is 0.414 e. The number of nitrogens with two attached hydrogens (primary N) is 2. The summed E-state index contributed by atoms with van der Waals surface area (Å²) in [5.41, 5.74) is 16.7. The highest BCUT2D eigenvalue weighted by atomic mass is 16.6. The predicted octanol–water partition coefficient (Wildman–Crippen LogP) is 4.59. The van der Waals surface area contributed by atoms with Crippen LogP contribution in [-0.4, -0.2) is 42.3 Å². The van der Waals surface area contributed by atoms with Crippen molar-refractivity contribution >= 4 is 17.5 Å². The third-order valence-corrected chi connectivity index (χ3v) is 6.00.